The predicted octanol–water partition coefficient (Wildman–Crippen LogP) is 4.45. The Morgan fingerprint density at radius 1 is 1.46 bits per heavy atom. The molecule has 1 aromatic rings. The highest BCUT2D eigenvalue weighted by Crippen LogP contribution is 2.37. The normalized spacial score (nSPS) is 13.3. The van der Waals surface area contributed by atoms with E-state index in [-0.39, 0.29) is 18.4 Å². The molecule has 28 heavy (non-hydrogen) atoms. The van der Waals surface area contributed by atoms with E-state index in [0.29, 0.717) is 48.7 Å². The lowest BCUT2D eigenvalue weighted by Gasteiger charge is -2.25. The van der Waals surface area contributed by atoms with Gasteiger partial charge in [-0.05, 0) is 37.0 Å². The summed E-state index contributed by atoms with van der Waals surface area (Å²) >= 11 is 1.29. The minimum absolute atomic E-state index is 0.119. The van der Waals surface area contributed by atoms with Gasteiger partial charge >= 0.3 is 6.09 Å². The molecule has 2 rings (SSSR count). The molecule has 1 aliphatic rings. The summed E-state index contributed by atoms with van der Waals surface area (Å²) in [6.07, 6.45) is 3.28. The minimum atomic E-state index is -0.598. The Bertz CT molecular complexity index is 867. The molecule has 2 amide bonds. The number of allylic oxidation sites excluding steroid dienone is 4. The van der Waals surface area contributed by atoms with Crippen LogP contribution >= 0.6 is 11.3 Å². The molecule has 0 atom stereocenters. The van der Waals surface area contributed by atoms with E-state index in [1.807, 2.05) is 0 Å². The number of hydrogen-bond donors (Lipinski definition) is 1. The van der Waals surface area contributed by atoms with E-state index in [0.717, 1.165) is 10.4 Å². The summed E-state index contributed by atoms with van der Waals surface area (Å²) in [6.45, 7) is 9.62. The van der Waals surface area contributed by atoms with Crippen molar-refractivity contribution in [1.29, 1.82) is 5.26 Å². The Hall–Kier alpha value is -2.92. The van der Waals surface area contributed by atoms with Crippen LogP contribution in [0.2, 0.25) is 0 Å². The van der Waals surface area contributed by atoms with Gasteiger partial charge < -0.3 is 15.0 Å². The Labute approximate surface area is 167 Å². The zero-order valence-electron chi connectivity index (χ0n) is 15.7. The van der Waals surface area contributed by atoms with Crippen molar-refractivity contribution in [3.8, 4) is 6.07 Å². The number of nitrogens with zero attached hydrogens (tertiary/aromatic N) is 2. The number of hydrogen-bond acceptors (Lipinski definition) is 5. The van der Waals surface area contributed by atoms with Crippen LogP contribution in [-0.4, -0.2) is 30.1 Å². The molecule has 0 radical (unpaired) electrons. The first-order valence-electron chi connectivity index (χ1n) is 8.83. The van der Waals surface area contributed by atoms with E-state index in [4.69, 9.17) is 4.74 Å². The SMILES string of the molecule is C=C/C(=C\C(=C)F)CCC(=O)Nc1sc2c(c1C#N)CCN(C(=O)OCC)C2. The number of carbonyl (C=O) groups is 2. The molecule has 148 valence electrons. The molecule has 6 nitrogen and oxygen atoms in total. The average molecular weight is 403 g/mol. The zero-order valence-corrected chi connectivity index (χ0v) is 16.5. The van der Waals surface area contributed by atoms with E-state index in [1.165, 1.54) is 23.5 Å². The summed E-state index contributed by atoms with van der Waals surface area (Å²) < 4.78 is 17.9. The summed E-state index contributed by atoms with van der Waals surface area (Å²) in [7, 11) is 0. The van der Waals surface area contributed by atoms with Crippen LogP contribution in [0.4, 0.5) is 14.2 Å². The molecular weight excluding hydrogens is 381 g/mol. The molecule has 1 aliphatic heterocycles. The number of halogens is 1. The molecule has 1 N–H and O–H groups in total. The first-order valence-corrected chi connectivity index (χ1v) is 9.64. The van der Waals surface area contributed by atoms with E-state index in [2.05, 4.69) is 24.5 Å². The van der Waals surface area contributed by atoms with Gasteiger partial charge in [-0.2, -0.15) is 5.26 Å². The van der Waals surface area contributed by atoms with E-state index >= 15 is 0 Å². The highest BCUT2D eigenvalue weighted by Gasteiger charge is 2.28. The summed E-state index contributed by atoms with van der Waals surface area (Å²) in [5.41, 5.74) is 1.87. The standard InChI is InChI=1S/C20H22FN3O3S/c1-4-14(10-13(3)21)6-7-18(25)23-19-16(11-22)15-8-9-24(12-17(15)28-19)20(26)27-5-2/h4,10H,1,3,5-9,12H2,2H3,(H,23,25)/b14-10+. The summed E-state index contributed by atoms with van der Waals surface area (Å²) in [5, 5.41) is 12.8. The van der Waals surface area contributed by atoms with Crippen molar-refractivity contribution in [2.24, 2.45) is 0 Å². The van der Waals surface area contributed by atoms with Crippen LogP contribution in [0.1, 0.15) is 35.8 Å². The van der Waals surface area contributed by atoms with Crippen molar-refractivity contribution in [3.05, 3.63) is 52.7 Å². The average Bonchev–Trinajstić information content (AvgIpc) is 3.00. The fraction of sp³-hybridized carbons (Fsp3) is 0.350. The fourth-order valence-corrected chi connectivity index (χ4v) is 4.09. The van der Waals surface area contributed by atoms with Crippen LogP contribution < -0.4 is 5.32 Å². The summed E-state index contributed by atoms with van der Waals surface area (Å²) in [4.78, 5) is 26.7. The second-order valence-electron chi connectivity index (χ2n) is 6.11. The van der Waals surface area contributed by atoms with Gasteiger partial charge in [0.2, 0.25) is 5.91 Å². The maximum absolute atomic E-state index is 12.9. The molecule has 8 heteroatoms. The van der Waals surface area contributed by atoms with Crippen molar-refractivity contribution in [2.45, 2.75) is 32.7 Å². The second-order valence-corrected chi connectivity index (χ2v) is 7.21. The zero-order chi connectivity index (χ0) is 20.7. The Morgan fingerprint density at radius 3 is 2.82 bits per heavy atom. The lowest BCUT2D eigenvalue weighted by molar-refractivity contribution is -0.116. The Balaban J connectivity index is 2.08. The number of fused-ring (bicyclic) bond motifs is 1. The molecule has 0 saturated heterocycles. The highest BCUT2D eigenvalue weighted by molar-refractivity contribution is 7.16. The molecule has 0 aromatic carbocycles. The maximum atomic E-state index is 12.9. The lowest BCUT2D eigenvalue weighted by atomic mass is 10.0. The summed E-state index contributed by atoms with van der Waals surface area (Å²) in [6, 6.07) is 2.15. The van der Waals surface area contributed by atoms with Crippen LogP contribution in [0, 0.1) is 11.3 Å². The molecule has 0 saturated carbocycles. The lowest BCUT2D eigenvalue weighted by Crippen LogP contribution is -2.35. The molecule has 1 aromatic heterocycles. The third-order valence-electron chi connectivity index (χ3n) is 4.19. The maximum Gasteiger partial charge on any atom is 0.410 e. The van der Waals surface area contributed by atoms with Crippen LogP contribution in [-0.2, 0) is 22.5 Å². The Kier molecular flexibility index (Phi) is 7.52. The highest BCUT2D eigenvalue weighted by atomic mass is 32.1. The number of ether oxygens (including phenoxy) is 1. The predicted molar refractivity (Wildman–Crippen MR) is 107 cm³/mol. The van der Waals surface area contributed by atoms with Crippen LogP contribution in [0.3, 0.4) is 0 Å². The molecule has 0 bridgehead atoms. The van der Waals surface area contributed by atoms with Gasteiger partial charge in [-0.25, -0.2) is 9.18 Å². The number of anilines is 1. The van der Waals surface area contributed by atoms with Gasteiger partial charge in [0.25, 0.3) is 0 Å². The third kappa shape index (κ3) is 5.30. The van der Waals surface area contributed by atoms with Crippen molar-refractivity contribution in [1.82, 2.24) is 4.90 Å². The van der Waals surface area contributed by atoms with Crippen molar-refractivity contribution >= 4 is 28.3 Å². The van der Waals surface area contributed by atoms with Gasteiger partial charge in [-0.15, -0.1) is 11.3 Å². The minimum Gasteiger partial charge on any atom is -0.450 e. The quantitative estimate of drug-likeness (QED) is 0.682. The van der Waals surface area contributed by atoms with Crippen LogP contribution in [0.15, 0.2) is 36.7 Å². The summed E-state index contributed by atoms with van der Waals surface area (Å²) in [5.74, 6) is -0.881. The van der Waals surface area contributed by atoms with Gasteiger partial charge in [0.15, 0.2) is 0 Å². The number of thiophene rings is 1. The van der Waals surface area contributed by atoms with E-state index < -0.39 is 5.83 Å². The van der Waals surface area contributed by atoms with Crippen molar-refractivity contribution in [2.75, 3.05) is 18.5 Å². The molecule has 0 unspecified atom stereocenters. The van der Waals surface area contributed by atoms with Gasteiger partial charge in [-0.3, -0.25) is 4.79 Å². The molecular formula is C20H22FN3O3S. The molecule has 0 spiro atoms. The third-order valence-corrected chi connectivity index (χ3v) is 5.32. The largest absolute Gasteiger partial charge is 0.450 e. The monoisotopic (exact) mass is 403 g/mol. The van der Waals surface area contributed by atoms with Crippen LogP contribution in [0.25, 0.3) is 0 Å². The van der Waals surface area contributed by atoms with Crippen LogP contribution in [0.5, 0.6) is 0 Å². The number of rotatable bonds is 7. The first-order chi connectivity index (χ1) is 13.4. The number of amides is 2. The number of nitriles is 1. The van der Waals surface area contributed by atoms with Crippen molar-refractivity contribution in [3.63, 3.8) is 0 Å². The molecule has 0 fully saturated rings. The van der Waals surface area contributed by atoms with E-state index in [9.17, 15) is 19.2 Å². The first kappa shape index (κ1) is 21.4. The fourth-order valence-electron chi connectivity index (χ4n) is 2.86. The molecule has 0 aliphatic carbocycles. The van der Waals surface area contributed by atoms with E-state index in [1.54, 1.807) is 11.8 Å². The smallest absolute Gasteiger partial charge is 0.410 e. The number of carbonyl (C=O) groups excluding carboxylic acids is 2. The molecule has 2 heterocycles. The Morgan fingerprint density at radius 2 is 2.21 bits per heavy atom. The van der Waals surface area contributed by atoms with Gasteiger partial charge in [0, 0.05) is 17.8 Å². The van der Waals surface area contributed by atoms with Gasteiger partial charge in [-0.1, -0.05) is 19.2 Å². The number of nitrogens with one attached hydrogen (secondary N) is 1. The van der Waals surface area contributed by atoms with Gasteiger partial charge in [0.05, 0.1) is 18.7 Å². The van der Waals surface area contributed by atoms with Gasteiger partial charge in [0.1, 0.15) is 16.9 Å². The second kappa shape index (κ2) is 9.85. The van der Waals surface area contributed by atoms with Crippen molar-refractivity contribution < 1.29 is 18.7 Å². The topological polar surface area (TPSA) is 82.4 Å².